The summed E-state index contributed by atoms with van der Waals surface area (Å²) >= 11 is 0. The molecule has 0 spiro atoms. The van der Waals surface area contributed by atoms with Crippen molar-refractivity contribution in [3.05, 3.63) is 59.7 Å². The normalized spacial score (nSPS) is 13.1. The molecule has 40 heavy (non-hydrogen) atoms. The highest BCUT2D eigenvalue weighted by molar-refractivity contribution is 5.34. The summed E-state index contributed by atoms with van der Waals surface area (Å²) in [5.74, 6) is 1.80. The predicted molar refractivity (Wildman–Crippen MR) is 167 cm³/mol. The van der Waals surface area contributed by atoms with Crippen LogP contribution in [-0.2, 0) is 12.8 Å². The number of aryl methyl sites for hydroxylation is 2. The van der Waals surface area contributed by atoms with Gasteiger partial charge in [0.05, 0.1) is 0 Å². The first-order chi connectivity index (χ1) is 19.3. The number of unbranched alkanes of at least 4 members (excludes halogenated alkanes) is 7. The second-order valence-electron chi connectivity index (χ2n) is 11.6. The van der Waals surface area contributed by atoms with Gasteiger partial charge in [0, 0.05) is 25.2 Å². The maximum absolute atomic E-state index is 10.1. The van der Waals surface area contributed by atoms with Crippen molar-refractivity contribution in [3.8, 4) is 11.5 Å². The summed E-state index contributed by atoms with van der Waals surface area (Å²) in [6.07, 6.45) is 10.9. The highest BCUT2D eigenvalue weighted by Crippen LogP contribution is 2.23. The zero-order valence-electron chi connectivity index (χ0n) is 25.5. The fourth-order valence-corrected chi connectivity index (χ4v) is 4.63. The lowest BCUT2D eigenvalue weighted by Crippen LogP contribution is -2.35. The molecule has 0 bridgehead atoms. The topological polar surface area (TPSA) is 83.0 Å². The van der Waals surface area contributed by atoms with Crippen molar-refractivity contribution in [1.29, 1.82) is 0 Å². The van der Waals surface area contributed by atoms with Crippen molar-refractivity contribution in [1.82, 2.24) is 10.6 Å². The van der Waals surface area contributed by atoms with Crippen LogP contribution >= 0.6 is 0 Å². The molecule has 0 fully saturated rings. The Bertz CT molecular complexity index is 832. The van der Waals surface area contributed by atoms with Crippen LogP contribution in [0, 0.1) is 0 Å². The molecule has 4 N–H and O–H groups in total. The molecule has 0 aliphatic heterocycles. The van der Waals surface area contributed by atoms with E-state index in [-0.39, 0.29) is 0 Å². The molecule has 0 saturated carbocycles. The van der Waals surface area contributed by atoms with Gasteiger partial charge in [0.1, 0.15) is 36.9 Å². The molecule has 2 rings (SSSR count). The second-order valence-corrected chi connectivity index (χ2v) is 11.6. The number of rotatable bonds is 23. The van der Waals surface area contributed by atoms with E-state index in [4.69, 9.17) is 9.47 Å². The summed E-state index contributed by atoms with van der Waals surface area (Å²) in [6, 6.07) is 17.2. The number of para-hydroxylation sites is 2. The lowest BCUT2D eigenvalue weighted by molar-refractivity contribution is 0.104. The van der Waals surface area contributed by atoms with Gasteiger partial charge in [-0.05, 0) is 48.9 Å². The van der Waals surface area contributed by atoms with E-state index >= 15 is 0 Å². The number of ether oxygens (including phenoxy) is 2. The maximum Gasteiger partial charge on any atom is 0.122 e. The van der Waals surface area contributed by atoms with E-state index < -0.39 is 12.2 Å². The minimum Gasteiger partial charge on any atom is -0.491 e. The molecule has 0 aliphatic carbocycles. The number of aliphatic hydroxyl groups is 2. The zero-order chi connectivity index (χ0) is 29.0. The molecule has 6 nitrogen and oxygen atoms in total. The van der Waals surface area contributed by atoms with Crippen LogP contribution in [0.25, 0.3) is 0 Å². The Kier molecular flexibility index (Phi) is 17.6. The molecule has 0 heterocycles. The summed E-state index contributed by atoms with van der Waals surface area (Å²) in [4.78, 5) is 0. The van der Waals surface area contributed by atoms with Gasteiger partial charge in [-0.25, -0.2) is 0 Å². The van der Waals surface area contributed by atoms with Crippen LogP contribution in [0.15, 0.2) is 48.5 Å². The fraction of sp³-hybridized carbons (Fsp3) is 0.647. The summed E-state index contributed by atoms with van der Waals surface area (Å²) < 4.78 is 11.9. The Morgan fingerprint density at radius 2 is 0.900 bits per heavy atom. The van der Waals surface area contributed by atoms with Crippen LogP contribution in [0.2, 0.25) is 0 Å². The van der Waals surface area contributed by atoms with Crippen molar-refractivity contribution < 1.29 is 19.7 Å². The van der Waals surface area contributed by atoms with Gasteiger partial charge in [0.25, 0.3) is 0 Å². The average molecular weight is 557 g/mol. The molecule has 0 amide bonds. The van der Waals surface area contributed by atoms with E-state index in [0.717, 1.165) is 37.2 Å². The van der Waals surface area contributed by atoms with E-state index in [9.17, 15) is 10.2 Å². The van der Waals surface area contributed by atoms with E-state index in [1.807, 2.05) is 24.3 Å². The summed E-state index contributed by atoms with van der Waals surface area (Å²) in [5, 5.41) is 26.8. The lowest BCUT2D eigenvalue weighted by atomic mass is 10.0. The van der Waals surface area contributed by atoms with Crippen LogP contribution in [0.1, 0.15) is 90.2 Å². The van der Waals surface area contributed by atoms with E-state index in [2.05, 4.69) is 62.6 Å². The van der Waals surface area contributed by atoms with Gasteiger partial charge in [-0.2, -0.15) is 0 Å². The molecular formula is C34H56N2O4. The summed E-state index contributed by atoms with van der Waals surface area (Å²) in [6.45, 7) is 10.0. The Balaban J connectivity index is 1.54. The highest BCUT2D eigenvalue weighted by Gasteiger charge is 2.10. The first-order valence-corrected chi connectivity index (χ1v) is 15.6. The smallest absolute Gasteiger partial charge is 0.122 e. The van der Waals surface area contributed by atoms with Crippen molar-refractivity contribution in [2.45, 2.75) is 116 Å². The van der Waals surface area contributed by atoms with Crippen LogP contribution in [0.4, 0.5) is 0 Å². The molecule has 2 aromatic rings. The number of hydrogen-bond donors (Lipinski definition) is 4. The van der Waals surface area contributed by atoms with Gasteiger partial charge in [0.2, 0.25) is 0 Å². The van der Waals surface area contributed by atoms with Gasteiger partial charge in [-0.3, -0.25) is 0 Å². The Morgan fingerprint density at radius 1 is 0.550 bits per heavy atom. The minimum atomic E-state index is -0.505. The summed E-state index contributed by atoms with van der Waals surface area (Å²) in [5.41, 5.74) is 2.47. The summed E-state index contributed by atoms with van der Waals surface area (Å²) in [7, 11) is 0. The molecule has 0 aromatic heterocycles. The fourth-order valence-electron chi connectivity index (χ4n) is 4.63. The maximum atomic E-state index is 10.1. The van der Waals surface area contributed by atoms with Crippen molar-refractivity contribution in [2.24, 2.45) is 0 Å². The van der Waals surface area contributed by atoms with Gasteiger partial charge >= 0.3 is 0 Å². The second kappa shape index (κ2) is 20.7. The van der Waals surface area contributed by atoms with Crippen LogP contribution < -0.4 is 20.1 Å². The van der Waals surface area contributed by atoms with Crippen molar-refractivity contribution >= 4 is 0 Å². The van der Waals surface area contributed by atoms with Gasteiger partial charge < -0.3 is 30.3 Å². The van der Waals surface area contributed by atoms with Crippen molar-refractivity contribution in [3.63, 3.8) is 0 Å². The zero-order valence-corrected chi connectivity index (χ0v) is 25.5. The van der Waals surface area contributed by atoms with Crippen LogP contribution in [0.5, 0.6) is 11.5 Å². The molecule has 0 radical (unpaired) electrons. The third kappa shape index (κ3) is 15.6. The highest BCUT2D eigenvalue weighted by atomic mass is 16.5. The molecular weight excluding hydrogens is 500 g/mol. The first kappa shape index (κ1) is 34.1. The number of benzene rings is 2. The van der Waals surface area contributed by atoms with E-state index in [1.165, 1.54) is 49.7 Å². The Morgan fingerprint density at radius 3 is 1.27 bits per heavy atom. The van der Waals surface area contributed by atoms with Crippen LogP contribution in [-0.4, -0.2) is 60.8 Å². The van der Waals surface area contributed by atoms with Gasteiger partial charge in [0.15, 0.2) is 0 Å². The molecule has 226 valence electrons. The standard InChI is InChI=1S/C34H56N2O4/c1-27(2)35-23-31(37)25-39-33-21-15-13-19-29(33)17-11-9-7-5-6-8-10-12-18-30-20-14-16-22-34(30)40-26-32(38)24-36-28(3)4/h13-16,19-22,27-28,31-32,35-38H,5-12,17-18,23-26H2,1-4H3/t31-,32-/m0/s1. The van der Waals surface area contributed by atoms with Crippen molar-refractivity contribution in [2.75, 3.05) is 26.3 Å². The van der Waals surface area contributed by atoms with E-state index in [0.29, 0.717) is 38.4 Å². The third-order valence-corrected chi connectivity index (χ3v) is 6.97. The first-order valence-electron chi connectivity index (χ1n) is 15.6. The van der Waals surface area contributed by atoms with Gasteiger partial charge in [-0.15, -0.1) is 0 Å². The molecule has 0 aliphatic rings. The van der Waals surface area contributed by atoms with Crippen LogP contribution in [0.3, 0.4) is 0 Å². The monoisotopic (exact) mass is 556 g/mol. The third-order valence-electron chi connectivity index (χ3n) is 6.97. The Hall–Kier alpha value is -2.12. The van der Waals surface area contributed by atoms with Gasteiger partial charge in [-0.1, -0.05) is 103 Å². The number of hydrogen-bond acceptors (Lipinski definition) is 6. The quantitative estimate of drug-likeness (QED) is 0.124. The number of aliphatic hydroxyl groups excluding tert-OH is 2. The largest absolute Gasteiger partial charge is 0.491 e. The SMILES string of the molecule is CC(C)NC[C@H](O)COc1ccccc1CCCCCCCCCCc1ccccc1OC[C@@H](O)CNC(C)C. The predicted octanol–water partition coefficient (Wildman–Crippen LogP) is 6.07. The van der Waals surface area contributed by atoms with E-state index in [1.54, 1.807) is 0 Å². The molecule has 2 aromatic carbocycles. The Labute approximate surface area is 243 Å². The average Bonchev–Trinajstić information content (AvgIpc) is 2.94. The molecule has 0 saturated heterocycles. The molecule has 0 unspecified atom stereocenters. The lowest BCUT2D eigenvalue weighted by Gasteiger charge is -2.17. The molecule has 6 heteroatoms. The molecule has 2 atom stereocenters. The minimum absolute atomic E-state index is 0.314. The number of nitrogens with one attached hydrogen (secondary N) is 2.